The fourth-order valence-corrected chi connectivity index (χ4v) is 4.51. The van der Waals surface area contributed by atoms with E-state index in [0.717, 1.165) is 25.4 Å². The molecule has 2 aliphatic heterocycles. The van der Waals surface area contributed by atoms with Crippen LogP contribution in [0.3, 0.4) is 0 Å². The van der Waals surface area contributed by atoms with Crippen molar-refractivity contribution in [3.05, 3.63) is 59.2 Å². The number of aliphatic hydroxyl groups excluding tert-OH is 1. The smallest absolute Gasteiger partial charge is 0.248 e. The lowest BCUT2D eigenvalue weighted by molar-refractivity contribution is -0.135. The zero-order valence-corrected chi connectivity index (χ0v) is 18.0. The maximum Gasteiger partial charge on any atom is 0.248 e. The van der Waals surface area contributed by atoms with Gasteiger partial charge in [0, 0.05) is 25.7 Å². The predicted octanol–water partition coefficient (Wildman–Crippen LogP) is 3.68. The Balaban J connectivity index is 0.00000240. The van der Waals surface area contributed by atoms with E-state index in [2.05, 4.69) is 54.3 Å². The van der Waals surface area contributed by atoms with Gasteiger partial charge < -0.3 is 14.9 Å². The number of hydrogen-bond donors (Lipinski definition) is 1. The number of likely N-dealkylation sites (tertiary alicyclic amines) is 1. The molecule has 2 aromatic rings. The molecule has 4 nitrogen and oxygen atoms in total. The average molecular weight is 415 g/mol. The molecule has 1 N–H and O–H groups in total. The van der Waals surface area contributed by atoms with Gasteiger partial charge in [-0.25, -0.2) is 0 Å². The third-order valence-corrected chi connectivity index (χ3v) is 6.37. The van der Waals surface area contributed by atoms with E-state index in [1.54, 1.807) is 4.90 Å². The highest BCUT2D eigenvalue weighted by atomic mass is 35.5. The van der Waals surface area contributed by atoms with E-state index in [1.165, 1.54) is 47.2 Å². The lowest BCUT2D eigenvalue weighted by Gasteiger charge is -2.28. The molecule has 156 valence electrons. The molecule has 5 heteroatoms. The second-order valence-electron chi connectivity index (χ2n) is 8.18. The molecular weight excluding hydrogens is 384 g/mol. The Morgan fingerprint density at radius 1 is 1.07 bits per heavy atom. The molecule has 1 amide bonds. The van der Waals surface area contributed by atoms with Gasteiger partial charge in [0.05, 0.1) is 0 Å². The number of hydrogen-bond acceptors (Lipinski definition) is 3. The van der Waals surface area contributed by atoms with Gasteiger partial charge in [0.15, 0.2) is 0 Å². The number of aliphatic hydroxyl groups is 1. The van der Waals surface area contributed by atoms with Crippen LogP contribution in [0.4, 0.5) is 0 Å². The molecule has 1 fully saturated rings. The highest BCUT2D eigenvalue weighted by Gasteiger charge is 2.21. The Morgan fingerprint density at radius 2 is 1.83 bits per heavy atom. The van der Waals surface area contributed by atoms with Crippen LogP contribution in [0.2, 0.25) is 0 Å². The first-order valence-corrected chi connectivity index (χ1v) is 10.5. The Morgan fingerprint density at radius 3 is 2.52 bits per heavy atom. The highest BCUT2D eigenvalue weighted by Crippen LogP contribution is 2.27. The summed E-state index contributed by atoms with van der Waals surface area (Å²) in [5, 5.41) is 9.07. The van der Waals surface area contributed by atoms with Gasteiger partial charge in [0.1, 0.15) is 6.61 Å². The van der Waals surface area contributed by atoms with Crippen molar-refractivity contribution in [3.8, 4) is 11.1 Å². The first-order valence-electron chi connectivity index (χ1n) is 10.5. The van der Waals surface area contributed by atoms with Crippen molar-refractivity contribution in [2.45, 2.75) is 45.2 Å². The molecule has 0 aromatic heterocycles. The van der Waals surface area contributed by atoms with Crippen LogP contribution in [0.1, 0.15) is 36.5 Å². The zero-order valence-electron chi connectivity index (χ0n) is 17.1. The summed E-state index contributed by atoms with van der Waals surface area (Å²) in [4.78, 5) is 16.1. The molecule has 0 saturated carbocycles. The van der Waals surface area contributed by atoms with Crippen LogP contribution in [-0.4, -0.2) is 53.1 Å². The summed E-state index contributed by atoms with van der Waals surface area (Å²) >= 11 is 0. The zero-order chi connectivity index (χ0) is 19.5. The van der Waals surface area contributed by atoms with Crippen molar-refractivity contribution in [2.24, 2.45) is 0 Å². The molecule has 0 aliphatic carbocycles. The number of carbonyl (C=O) groups excluding carboxylic acids is 1. The topological polar surface area (TPSA) is 43.8 Å². The molecule has 0 bridgehead atoms. The molecule has 4 rings (SSSR count). The predicted molar refractivity (Wildman–Crippen MR) is 119 cm³/mol. The fourth-order valence-electron chi connectivity index (χ4n) is 4.51. The number of rotatable bonds is 5. The summed E-state index contributed by atoms with van der Waals surface area (Å²) in [6, 6.07) is 16.3. The summed E-state index contributed by atoms with van der Waals surface area (Å²) in [7, 11) is 0. The minimum absolute atomic E-state index is 0. The summed E-state index contributed by atoms with van der Waals surface area (Å²) in [6.07, 6.45) is 4.64. The van der Waals surface area contributed by atoms with Crippen molar-refractivity contribution in [1.82, 2.24) is 9.80 Å². The molecule has 2 aromatic carbocycles. The van der Waals surface area contributed by atoms with E-state index in [1.807, 2.05) is 0 Å². The maximum absolute atomic E-state index is 11.7. The molecule has 1 atom stereocenters. The summed E-state index contributed by atoms with van der Waals surface area (Å²) in [6.45, 7) is 5.62. The van der Waals surface area contributed by atoms with Crippen LogP contribution in [0.5, 0.6) is 0 Å². The van der Waals surface area contributed by atoms with Crippen LogP contribution < -0.4 is 0 Å². The van der Waals surface area contributed by atoms with Gasteiger partial charge in [0.2, 0.25) is 5.91 Å². The SMILES string of the molecule is CC1CCCN1CCc1ccc(-c2ccc3c(c2)CCN(C(=O)CO)C3)cc1.Cl. The number of benzene rings is 2. The van der Waals surface area contributed by atoms with Crippen molar-refractivity contribution < 1.29 is 9.90 Å². The standard InChI is InChI=1S/C24H30N2O2.ClH/c1-18-3-2-12-25(18)13-10-19-4-6-20(7-5-19)21-8-9-23-16-26(24(28)17-27)14-11-22(23)15-21;/h4-9,15,18,27H,2-3,10-14,16-17H2,1H3;1H. The Bertz CT molecular complexity index is 837. The van der Waals surface area contributed by atoms with Crippen molar-refractivity contribution >= 4 is 18.3 Å². The van der Waals surface area contributed by atoms with Crippen molar-refractivity contribution in [2.75, 3.05) is 26.2 Å². The first kappa shape index (κ1) is 21.8. The van der Waals surface area contributed by atoms with Gasteiger partial charge in [-0.05, 0) is 67.0 Å². The monoisotopic (exact) mass is 414 g/mol. The van der Waals surface area contributed by atoms with Crippen molar-refractivity contribution in [1.29, 1.82) is 0 Å². The van der Waals surface area contributed by atoms with E-state index >= 15 is 0 Å². The summed E-state index contributed by atoms with van der Waals surface area (Å²) in [5.74, 6) is -0.186. The maximum atomic E-state index is 11.7. The van der Waals surface area contributed by atoms with Gasteiger partial charge in [-0.3, -0.25) is 4.79 Å². The van der Waals surface area contributed by atoms with Crippen molar-refractivity contribution in [3.63, 3.8) is 0 Å². The molecule has 0 spiro atoms. The number of fused-ring (bicyclic) bond motifs is 1. The average Bonchev–Trinajstić information content (AvgIpc) is 3.16. The minimum Gasteiger partial charge on any atom is -0.387 e. The van der Waals surface area contributed by atoms with Crippen LogP contribution in [0.25, 0.3) is 11.1 Å². The normalized spacial score (nSPS) is 19.0. The highest BCUT2D eigenvalue weighted by molar-refractivity contribution is 5.85. The second kappa shape index (κ2) is 9.75. The number of halogens is 1. The van der Waals surface area contributed by atoms with E-state index < -0.39 is 6.61 Å². The van der Waals surface area contributed by atoms with Gasteiger partial charge in [0.25, 0.3) is 0 Å². The lowest BCUT2D eigenvalue weighted by atomic mass is 9.94. The van der Waals surface area contributed by atoms with Gasteiger partial charge in [-0.1, -0.05) is 42.5 Å². The molecule has 0 radical (unpaired) electrons. The van der Waals surface area contributed by atoms with Crippen LogP contribution >= 0.6 is 12.4 Å². The molecule has 2 aliphatic rings. The Hall–Kier alpha value is -1.88. The van der Waals surface area contributed by atoms with E-state index in [9.17, 15) is 4.79 Å². The lowest BCUT2D eigenvalue weighted by Crippen LogP contribution is -2.37. The Labute approximate surface area is 179 Å². The quantitative estimate of drug-likeness (QED) is 0.811. The summed E-state index contributed by atoms with van der Waals surface area (Å²) in [5.41, 5.74) is 6.38. The molecule has 1 saturated heterocycles. The van der Waals surface area contributed by atoms with E-state index in [-0.39, 0.29) is 18.3 Å². The van der Waals surface area contributed by atoms with E-state index in [0.29, 0.717) is 13.1 Å². The molecular formula is C24H31ClN2O2. The van der Waals surface area contributed by atoms with Gasteiger partial charge >= 0.3 is 0 Å². The first-order chi connectivity index (χ1) is 13.6. The largest absolute Gasteiger partial charge is 0.387 e. The number of nitrogens with zero attached hydrogens (tertiary/aromatic N) is 2. The number of carbonyl (C=O) groups is 1. The minimum atomic E-state index is -0.406. The van der Waals surface area contributed by atoms with Crippen LogP contribution in [0, 0.1) is 0 Å². The van der Waals surface area contributed by atoms with E-state index in [4.69, 9.17) is 5.11 Å². The third-order valence-electron chi connectivity index (χ3n) is 6.37. The molecule has 1 unspecified atom stereocenters. The van der Waals surface area contributed by atoms with Crippen LogP contribution in [-0.2, 0) is 24.2 Å². The fraction of sp³-hybridized carbons (Fsp3) is 0.458. The Kier molecular flexibility index (Phi) is 7.33. The van der Waals surface area contributed by atoms with Crippen LogP contribution in [0.15, 0.2) is 42.5 Å². The summed E-state index contributed by atoms with van der Waals surface area (Å²) < 4.78 is 0. The third kappa shape index (κ3) is 5.00. The number of amides is 1. The van der Waals surface area contributed by atoms with Gasteiger partial charge in [-0.15, -0.1) is 12.4 Å². The molecule has 29 heavy (non-hydrogen) atoms. The molecule has 2 heterocycles. The van der Waals surface area contributed by atoms with Gasteiger partial charge in [-0.2, -0.15) is 0 Å². The second-order valence-corrected chi connectivity index (χ2v) is 8.18.